The van der Waals surface area contributed by atoms with Gasteiger partial charge in [-0.05, 0) is 42.8 Å². The molecular weight excluding hydrogens is 482 g/mol. The lowest BCUT2D eigenvalue weighted by Crippen LogP contribution is -2.40. The molecule has 1 saturated heterocycles. The third-order valence-corrected chi connectivity index (χ3v) is 8.16. The van der Waals surface area contributed by atoms with Crippen molar-refractivity contribution in [2.75, 3.05) is 29.9 Å². The number of hydrogen-bond acceptors (Lipinski definition) is 7. The molecule has 1 aliphatic rings. The highest BCUT2D eigenvalue weighted by atomic mass is 32.2. The Kier molecular flexibility index (Phi) is 7.03. The Balaban J connectivity index is 1.63. The number of halogens is 2. The number of anilines is 1. The largest absolute Gasteiger partial charge is 0.452 e. The first-order chi connectivity index (χ1) is 15.4. The fourth-order valence-electron chi connectivity index (χ4n) is 3.16. The summed E-state index contributed by atoms with van der Waals surface area (Å²) in [5.41, 5.74) is -0.117. The molecule has 0 aliphatic carbocycles. The molecule has 0 aromatic heterocycles. The van der Waals surface area contributed by atoms with Gasteiger partial charge in [0.05, 0.1) is 22.0 Å². The van der Waals surface area contributed by atoms with Crippen LogP contribution in [-0.2, 0) is 29.4 Å². The van der Waals surface area contributed by atoms with E-state index in [1.54, 1.807) is 0 Å². The molecule has 0 spiro atoms. The van der Waals surface area contributed by atoms with Crippen molar-refractivity contribution < 1.29 is 39.9 Å². The molecule has 0 bridgehead atoms. The van der Waals surface area contributed by atoms with E-state index in [9.17, 15) is 35.2 Å². The Labute approximate surface area is 189 Å². The minimum absolute atomic E-state index is 0.0116. The summed E-state index contributed by atoms with van der Waals surface area (Å²) in [4.78, 5) is 25.3. The van der Waals surface area contributed by atoms with Crippen molar-refractivity contribution in [2.24, 2.45) is 0 Å². The number of benzene rings is 2. The van der Waals surface area contributed by atoms with E-state index >= 15 is 0 Å². The number of nitrogens with one attached hydrogen (secondary N) is 1. The molecule has 1 heterocycles. The molecular formula is C20H20F2N2O7S2. The van der Waals surface area contributed by atoms with Crippen molar-refractivity contribution in [3.8, 4) is 0 Å². The van der Waals surface area contributed by atoms with Crippen LogP contribution in [-0.4, -0.2) is 64.8 Å². The maximum Gasteiger partial charge on any atom is 0.338 e. The Hall–Kier alpha value is -3.06. The summed E-state index contributed by atoms with van der Waals surface area (Å²) in [6, 6.07) is 6.75. The molecule has 13 heteroatoms. The molecule has 1 aliphatic heterocycles. The average molecular weight is 503 g/mol. The van der Waals surface area contributed by atoms with E-state index in [-0.39, 0.29) is 22.8 Å². The van der Waals surface area contributed by atoms with Crippen LogP contribution in [0.5, 0.6) is 0 Å². The molecule has 2 aromatic carbocycles. The number of nitrogens with zero attached hydrogens (tertiary/aromatic N) is 1. The first-order valence-corrected chi connectivity index (χ1v) is 12.9. The summed E-state index contributed by atoms with van der Waals surface area (Å²) in [7, 11) is -6.03. The Morgan fingerprint density at radius 2 is 1.88 bits per heavy atom. The number of carbonyl (C=O) groups is 2. The monoisotopic (exact) mass is 502 g/mol. The van der Waals surface area contributed by atoms with Crippen molar-refractivity contribution in [1.82, 2.24) is 4.90 Å². The molecule has 1 atom stereocenters. The topological polar surface area (TPSA) is 127 Å². The molecule has 3 rings (SSSR count). The minimum atomic E-state index is -4.27. The summed E-state index contributed by atoms with van der Waals surface area (Å²) in [5.74, 6) is -4.19. The van der Waals surface area contributed by atoms with E-state index in [1.165, 1.54) is 30.1 Å². The van der Waals surface area contributed by atoms with E-state index in [4.69, 9.17) is 4.74 Å². The highest BCUT2D eigenvalue weighted by molar-refractivity contribution is 7.92. The van der Waals surface area contributed by atoms with Crippen LogP contribution < -0.4 is 4.72 Å². The summed E-state index contributed by atoms with van der Waals surface area (Å²) in [5, 5.41) is 0. The number of carbonyl (C=O) groups excluding carboxylic acids is 2. The zero-order chi connectivity index (χ0) is 24.4. The smallest absolute Gasteiger partial charge is 0.338 e. The number of ether oxygens (including phenoxy) is 1. The van der Waals surface area contributed by atoms with Gasteiger partial charge in [0.2, 0.25) is 0 Å². The second-order valence-electron chi connectivity index (χ2n) is 7.40. The maximum atomic E-state index is 13.4. The molecule has 33 heavy (non-hydrogen) atoms. The average Bonchev–Trinajstić information content (AvgIpc) is 3.12. The van der Waals surface area contributed by atoms with E-state index in [2.05, 4.69) is 4.72 Å². The molecule has 1 fully saturated rings. The minimum Gasteiger partial charge on any atom is -0.452 e. The number of amides is 1. The predicted octanol–water partition coefficient (Wildman–Crippen LogP) is 1.57. The molecule has 1 amide bonds. The molecule has 178 valence electrons. The van der Waals surface area contributed by atoms with Gasteiger partial charge in [0.15, 0.2) is 28.1 Å². The van der Waals surface area contributed by atoms with Crippen molar-refractivity contribution >= 4 is 37.4 Å². The highest BCUT2D eigenvalue weighted by Crippen LogP contribution is 2.20. The third-order valence-electron chi connectivity index (χ3n) is 5.03. The molecule has 0 radical (unpaired) electrons. The van der Waals surface area contributed by atoms with Crippen molar-refractivity contribution in [2.45, 2.75) is 17.4 Å². The molecule has 0 unspecified atom stereocenters. The second kappa shape index (κ2) is 9.43. The summed E-state index contributed by atoms with van der Waals surface area (Å²) >= 11 is 0. The Morgan fingerprint density at radius 1 is 1.15 bits per heavy atom. The van der Waals surface area contributed by atoms with Crippen molar-refractivity contribution in [3.05, 3.63) is 59.7 Å². The summed E-state index contributed by atoms with van der Waals surface area (Å²) < 4.78 is 81.5. The van der Waals surface area contributed by atoms with Gasteiger partial charge in [0, 0.05) is 18.8 Å². The van der Waals surface area contributed by atoms with Gasteiger partial charge in [0.1, 0.15) is 0 Å². The number of hydrogen-bond donors (Lipinski definition) is 1. The molecule has 9 nitrogen and oxygen atoms in total. The SMILES string of the molecule is CN(C(=O)COC(=O)c1cccc(NS(=O)(=O)c2ccc(F)c(F)c2)c1)[C@H]1CCS(=O)(=O)C1. The standard InChI is InChI=1S/C20H20F2N2O7S2/c1-24(15-7-8-32(27,28)12-15)19(25)11-31-20(26)13-3-2-4-14(9-13)23-33(29,30)16-5-6-17(21)18(22)10-16/h2-6,9-10,15,23H,7-8,11-12H2,1H3/t15-/m0/s1. The number of esters is 1. The van der Waals surface area contributed by atoms with Gasteiger partial charge in [-0.2, -0.15) is 0 Å². The quantitative estimate of drug-likeness (QED) is 0.570. The van der Waals surface area contributed by atoms with Gasteiger partial charge in [-0.25, -0.2) is 30.4 Å². The van der Waals surface area contributed by atoms with Gasteiger partial charge >= 0.3 is 5.97 Å². The summed E-state index contributed by atoms with van der Waals surface area (Å²) in [6.45, 7) is -0.628. The molecule has 0 saturated carbocycles. The van der Waals surface area contributed by atoms with Crippen LogP contribution in [0.1, 0.15) is 16.8 Å². The van der Waals surface area contributed by atoms with E-state index in [0.29, 0.717) is 18.6 Å². The van der Waals surface area contributed by atoms with Crippen LogP contribution in [0.25, 0.3) is 0 Å². The van der Waals surface area contributed by atoms with Gasteiger partial charge < -0.3 is 9.64 Å². The van der Waals surface area contributed by atoms with E-state index < -0.39 is 60.9 Å². The third kappa shape index (κ3) is 6.05. The lowest BCUT2D eigenvalue weighted by Gasteiger charge is -2.23. The zero-order valence-electron chi connectivity index (χ0n) is 17.3. The van der Waals surface area contributed by atoms with E-state index in [0.717, 1.165) is 12.1 Å². The van der Waals surface area contributed by atoms with Gasteiger partial charge in [-0.15, -0.1) is 0 Å². The van der Waals surface area contributed by atoms with Crippen LogP contribution >= 0.6 is 0 Å². The normalized spacial score (nSPS) is 17.4. The number of rotatable bonds is 7. The van der Waals surface area contributed by atoms with Crippen LogP contribution in [0, 0.1) is 11.6 Å². The van der Waals surface area contributed by atoms with Crippen molar-refractivity contribution in [1.29, 1.82) is 0 Å². The van der Waals surface area contributed by atoms with Crippen LogP contribution in [0.2, 0.25) is 0 Å². The van der Waals surface area contributed by atoms with Gasteiger partial charge in [0.25, 0.3) is 15.9 Å². The lowest BCUT2D eigenvalue weighted by molar-refractivity contribution is -0.134. The Bertz CT molecular complexity index is 1300. The molecule has 1 N–H and O–H groups in total. The van der Waals surface area contributed by atoms with Crippen LogP contribution in [0.15, 0.2) is 47.4 Å². The van der Waals surface area contributed by atoms with Crippen LogP contribution in [0.3, 0.4) is 0 Å². The fraction of sp³-hybridized carbons (Fsp3) is 0.300. The fourth-order valence-corrected chi connectivity index (χ4v) is 6.00. The highest BCUT2D eigenvalue weighted by Gasteiger charge is 2.33. The predicted molar refractivity (Wildman–Crippen MR) is 114 cm³/mol. The first kappa shape index (κ1) is 24.6. The summed E-state index contributed by atoms with van der Waals surface area (Å²) in [6.07, 6.45) is 0.304. The second-order valence-corrected chi connectivity index (χ2v) is 11.3. The van der Waals surface area contributed by atoms with Crippen LogP contribution in [0.4, 0.5) is 14.5 Å². The lowest BCUT2D eigenvalue weighted by atomic mass is 10.2. The first-order valence-electron chi connectivity index (χ1n) is 9.59. The number of sulfone groups is 1. The number of likely N-dealkylation sites (N-methyl/N-ethyl adjacent to an activating group) is 1. The Morgan fingerprint density at radius 3 is 2.52 bits per heavy atom. The van der Waals surface area contributed by atoms with E-state index in [1.807, 2.05) is 0 Å². The van der Waals surface area contributed by atoms with Gasteiger partial charge in [-0.1, -0.05) is 6.07 Å². The molecule has 2 aromatic rings. The maximum absolute atomic E-state index is 13.4. The zero-order valence-corrected chi connectivity index (χ0v) is 19.0. The van der Waals surface area contributed by atoms with Gasteiger partial charge in [-0.3, -0.25) is 9.52 Å². The van der Waals surface area contributed by atoms with Crippen molar-refractivity contribution in [3.63, 3.8) is 0 Å². The number of sulfonamides is 1.